The van der Waals surface area contributed by atoms with Crippen LogP contribution in [0.15, 0.2) is 0 Å². The second kappa shape index (κ2) is 8.20. The fraction of sp³-hybridized carbons (Fsp3) is 0.933. The highest BCUT2D eigenvalue weighted by molar-refractivity contribution is 5.85. The maximum absolute atomic E-state index is 12.5. The van der Waals surface area contributed by atoms with Crippen LogP contribution >= 0.6 is 12.4 Å². The van der Waals surface area contributed by atoms with Crippen LogP contribution < -0.4 is 5.73 Å². The van der Waals surface area contributed by atoms with E-state index < -0.39 is 0 Å². The Morgan fingerprint density at radius 1 is 1.35 bits per heavy atom. The average molecular weight is 305 g/mol. The summed E-state index contributed by atoms with van der Waals surface area (Å²) in [5, 5.41) is 0. The zero-order chi connectivity index (χ0) is 13.7. The first-order valence-electron chi connectivity index (χ1n) is 7.78. The summed E-state index contributed by atoms with van der Waals surface area (Å²) >= 11 is 0. The monoisotopic (exact) mass is 304 g/mol. The first kappa shape index (κ1) is 17.7. The standard InChI is InChI=1S/C15H28N2O2.ClH/c1-2-13-11-17(8-9-19-13)14(18)10-15(12-16)6-4-3-5-7-15;/h13H,2-12,16H2,1H3;1H. The van der Waals surface area contributed by atoms with Crippen LogP contribution in [0.5, 0.6) is 0 Å². The third-order valence-electron chi connectivity index (χ3n) is 4.82. The van der Waals surface area contributed by atoms with E-state index in [2.05, 4.69) is 6.92 Å². The van der Waals surface area contributed by atoms with Gasteiger partial charge in [0.2, 0.25) is 5.91 Å². The molecule has 0 aromatic carbocycles. The summed E-state index contributed by atoms with van der Waals surface area (Å²) in [6.45, 7) is 4.95. The number of rotatable bonds is 4. The largest absolute Gasteiger partial charge is 0.375 e. The molecule has 4 nitrogen and oxygen atoms in total. The number of nitrogens with zero attached hydrogens (tertiary/aromatic N) is 1. The third-order valence-corrected chi connectivity index (χ3v) is 4.82. The smallest absolute Gasteiger partial charge is 0.223 e. The molecule has 0 bridgehead atoms. The van der Waals surface area contributed by atoms with Crippen LogP contribution in [-0.2, 0) is 9.53 Å². The van der Waals surface area contributed by atoms with Crippen LogP contribution in [0.25, 0.3) is 0 Å². The molecule has 0 radical (unpaired) electrons. The summed E-state index contributed by atoms with van der Waals surface area (Å²) in [5.74, 6) is 0.286. The van der Waals surface area contributed by atoms with E-state index in [-0.39, 0.29) is 29.8 Å². The van der Waals surface area contributed by atoms with Crippen molar-refractivity contribution in [3.63, 3.8) is 0 Å². The molecule has 1 aliphatic heterocycles. The van der Waals surface area contributed by atoms with Crippen LogP contribution in [0.3, 0.4) is 0 Å². The van der Waals surface area contributed by atoms with Gasteiger partial charge in [0.05, 0.1) is 12.7 Å². The quantitative estimate of drug-likeness (QED) is 0.867. The number of halogens is 1. The van der Waals surface area contributed by atoms with E-state index in [1.807, 2.05) is 4.90 Å². The molecule has 1 atom stereocenters. The normalized spacial score (nSPS) is 25.9. The Hall–Kier alpha value is -0.320. The second-order valence-electron chi connectivity index (χ2n) is 6.18. The number of hydrogen-bond acceptors (Lipinski definition) is 3. The van der Waals surface area contributed by atoms with Crippen LogP contribution in [0.1, 0.15) is 51.9 Å². The maximum Gasteiger partial charge on any atom is 0.223 e. The van der Waals surface area contributed by atoms with Crippen LogP contribution in [0.4, 0.5) is 0 Å². The molecule has 1 saturated carbocycles. The molecule has 2 fully saturated rings. The number of nitrogens with two attached hydrogens (primary N) is 1. The molecule has 2 aliphatic rings. The minimum Gasteiger partial charge on any atom is -0.375 e. The van der Waals surface area contributed by atoms with Gasteiger partial charge in [-0.05, 0) is 31.2 Å². The zero-order valence-electron chi connectivity index (χ0n) is 12.6. The lowest BCUT2D eigenvalue weighted by Crippen LogP contribution is -2.48. The highest BCUT2D eigenvalue weighted by Gasteiger charge is 2.35. The number of carbonyl (C=O) groups excluding carboxylic acids is 1. The molecule has 0 aromatic rings. The molecule has 1 saturated heterocycles. The topological polar surface area (TPSA) is 55.6 Å². The summed E-state index contributed by atoms with van der Waals surface area (Å²) in [7, 11) is 0. The summed E-state index contributed by atoms with van der Waals surface area (Å²) in [6.07, 6.45) is 7.83. The van der Waals surface area contributed by atoms with E-state index in [1.165, 1.54) is 19.3 Å². The summed E-state index contributed by atoms with van der Waals surface area (Å²) in [5.41, 5.74) is 6.05. The highest BCUT2D eigenvalue weighted by Crippen LogP contribution is 2.38. The van der Waals surface area contributed by atoms with Crippen molar-refractivity contribution in [3.8, 4) is 0 Å². The average Bonchev–Trinajstić information content (AvgIpc) is 2.48. The summed E-state index contributed by atoms with van der Waals surface area (Å²) in [6, 6.07) is 0. The van der Waals surface area contributed by atoms with Gasteiger partial charge in [-0.1, -0.05) is 26.2 Å². The minimum atomic E-state index is 0. The number of carbonyl (C=O) groups is 1. The van der Waals surface area contributed by atoms with Gasteiger partial charge in [0.25, 0.3) is 0 Å². The van der Waals surface area contributed by atoms with Crippen LogP contribution in [-0.4, -0.2) is 43.2 Å². The fourth-order valence-corrected chi connectivity index (χ4v) is 3.38. The van der Waals surface area contributed by atoms with Gasteiger partial charge in [0.15, 0.2) is 0 Å². The van der Waals surface area contributed by atoms with Gasteiger partial charge < -0.3 is 15.4 Å². The fourth-order valence-electron chi connectivity index (χ4n) is 3.38. The van der Waals surface area contributed by atoms with Crippen molar-refractivity contribution in [1.82, 2.24) is 4.90 Å². The highest BCUT2D eigenvalue weighted by atomic mass is 35.5. The lowest BCUT2D eigenvalue weighted by atomic mass is 9.71. The predicted molar refractivity (Wildman–Crippen MR) is 83.0 cm³/mol. The number of hydrogen-bond donors (Lipinski definition) is 1. The van der Waals surface area contributed by atoms with Gasteiger partial charge in [-0.2, -0.15) is 0 Å². The Labute approximate surface area is 128 Å². The Balaban J connectivity index is 0.00000200. The SMILES string of the molecule is CCC1CN(C(=O)CC2(CN)CCCCC2)CCO1.Cl. The van der Waals surface area contributed by atoms with Gasteiger partial charge in [-0.3, -0.25) is 4.79 Å². The zero-order valence-corrected chi connectivity index (χ0v) is 13.4. The first-order valence-corrected chi connectivity index (χ1v) is 7.78. The molecular weight excluding hydrogens is 276 g/mol. The molecule has 1 unspecified atom stereocenters. The molecule has 118 valence electrons. The van der Waals surface area contributed by atoms with Crippen molar-refractivity contribution in [2.45, 2.75) is 58.0 Å². The molecule has 2 N–H and O–H groups in total. The van der Waals surface area contributed by atoms with Crippen molar-refractivity contribution in [2.24, 2.45) is 11.1 Å². The minimum absolute atomic E-state index is 0. The molecule has 20 heavy (non-hydrogen) atoms. The lowest BCUT2D eigenvalue weighted by molar-refractivity contribution is -0.141. The molecule has 1 amide bonds. The van der Waals surface area contributed by atoms with Crippen LogP contribution in [0.2, 0.25) is 0 Å². The van der Waals surface area contributed by atoms with Gasteiger partial charge in [-0.25, -0.2) is 0 Å². The Morgan fingerprint density at radius 3 is 2.65 bits per heavy atom. The van der Waals surface area contributed by atoms with Gasteiger partial charge in [0, 0.05) is 19.5 Å². The predicted octanol–water partition coefficient (Wildman–Crippen LogP) is 2.34. The van der Waals surface area contributed by atoms with Gasteiger partial charge in [-0.15, -0.1) is 12.4 Å². The van der Waals surface area contributed by atoms with Gasteiger partial charge >= 0.3 is 0 Å². The lowest BCUT2D eigenvalue weighted by Gasteiger charge is -2.39. The van der Waals surface area contributed by atoms with Crippen molar-refractivity contribution >= 4 is 18.3 Å². The number of morpholine rings is 1. The molecule has 1 aliphatic carbocycles. The Bertz CT molecular complexity index is 306. The van der Waals surface area contributed by atoms with Gasteiger partial charge in [0.1, 0.15) is 0 Å². The molecule has 2 rings (SSSR count). The Morgan fingerprint density at radius 2 is 2.05 bits per heavy atom. The summed E-state index contributed by atoms with van der Waals surface area (Å²) < 4.78 is 5.63. The molecule has 5 heteroatoms. The summed E-state index contributed by atoms with van der Waals surface area (Å²) in [4.78, 5) is 14.5. The van der Waals surface area contributed by atoms with Crippen molar-refractivity contribution in [3.05, 3.63) is 0 Å². The van der Waals surface area contributed by atoms with E-state index in [0.29, 0.717) is 19.6 Å². The number of ether oxygens (including phenoxy) is 1. The maximum atomic E-state index is 12.5. The second-order valence-corrected chi connectivity index (χ2v) is 6.18. The van der Waals surface area contributed by atoms with E-state index in [4.69, 9.17) is 10.5 Å². The molecular formula is C15H29ClN2O2. The Kier molecular flexibility index (Phi) is 7.27. The van der Waals surface area contributed by atoms with Crippen molar-refractivity contribution in [1.29, 1.82) is 0 Å². The number of amides is 1. The van der Waals surface area contributed by atoms with Crippen LogP contribution in [0, 0.1) is 5.41 Å². The van der Waals surface area contributed by atoms with Crippen molar-refractivity contribution < 1.29 is 9.53 Å². The van der Waals surface area contributed by atoms with E-state index in [9.17, 15) is 4.79 Å². The molecule has 1 heterocycles. The van der Waals surface area contributed by atoms with Crippen molar-refractivity contribution in [2.75, 3.05) is 26.2 Å². The molecule has 0 aromatic heterocycles. The molecule has 0 spiro atoms. The first-order chi connectivity index (χ1) is 9.19. The van der Waals surface area contributed by atoms with E-state index in [1.54, 1.807) is 0 Å². The van der Waals surface area contributed by atoms with E-state index in [0.717, 1.165) is 32.4 Å². The van der Waals surface area contributed by atoms with E-state index >= 15 is 0 Å². The third kappa shape index (κ3) is 4.34.